The number of rotatable bonds is 3. The number of alkyl halides is 3. The molecule has 2 aromatic rings. The molecule has 5 nitrogen and oxygen atoms in total. The summed E-state index contributed by atoms with van der Waals surface area (Å²) in [5.41, 5.74) is -0.267. The third kappa shape index (κ3) is 3.33. The molecular formula is C12H11ClF3N5. The largest absolute Gasteiger partial charge is 0.435 e. The summed E-state index contributed by atoms with van der Waals surface area (Å²) in [6.45, 7) is 1.62. The third-order valence-electron chi connectivity index (χ3n) is 2.82. The van der Waals surface area contributed by atoms with E-state index in [-0.39, 0.29) is 0 Å². The van der Waals surface area contributed by atoms with Gasteiger partial charge < -0.3 is 5.84 Å². The molecule has 2 rings (SSSR count). The maximum Gasteiger partial charge on any atom is 0.435 e. The lowest BCUT2D eigenvalue weighted by atomic mass is 10.1. The second-order valence-corrected chi connectivity index (χ2v) is 4.67. The molecule has 0 saturated heterocycles. The van der Waals surface area contributed by atoms with Gasteiger partial charge in [-0.3, -0.25) is 9.67 Å². The molecule has 0 fully saturated rings. The fourth-order valence-corrected chi connectivity index (χ4v) is 1.86. The summed E-state index contributed by atoms with van der Waals surface area (Å²) in [6.07, 6.45) is -1.88. The summed E-state index contributed by atoms with van der Waals surface area (Å²) in [5, 5.41) is 7.53. The maximum atomic E-state index is 12.6. The van der Waals surface area contributed by atoms with Gasteiger partial charge in [0, 0.05) is 12.4 Å². The van der Waals surface area contributed by atoms with Crippen LogP contribution in [0.15, 0.2) is 35.7 Å². The molecule has 112 valence electrons. The molecule has 0 bridgehead atoms. The monoisotopic (exact) mass is 317 g/mol. The van der Waals surface area contributed by atoms with Crippen molar-refractivity contribution in [1.82, 2.24) is 14.8 Å². The molecule has 1 atom stereocenters. The maximum absolute atomic E-state index is 12.6. The van der Waals surface area contributed by atoms with Crippen molar-refractivity contribution in [2.45, 2.75) is 19.1 Å². The molecule has 0 amide bonds. The van der Waals surface area contributed by atoms with Crippen molar-refractivity contribution in [3.8, 4) is 0 Å². The summed E-state index contributed by atoms with van der Waals surface area (Å²) in [7, 11) is 0. The number of nitrogens with zero attached hydrogens (tertiary/aromatic N) is 4. The Morgan fingerprint density at radius 2 is 2.10 bits per heavy atom. The van der Waals surface area contributed by atoms with Crippen molar-refractivity contribution in [2.24, 2.45) is 10.9 Å². The van der Waals surface area contributed by atoms with Gasteiger partial charge in [0.15, 0.2) is 5.69 Å². The Labute approximate surface area is 123 Å². The van der Waals surface area contributed by atoms with Crippen LogP contribution in [-0.2, 0) is 6.18 Å². The molecule has 0 aliphatic carbocycles. The normalized spacial score (nSPS) is 14.2. The van der Waals surface area contributed by atoms with Gasteiger partial charge in [-0.25, -0.2) is 0 Å². The number of hydrogen-bond acceptors (Lipinski definition) is 4. The van der Waals surface area contributed by atoms with Crippen molar-refractivity contribution in [3.63, 3.8) is 0 Å². The van der Waals surface area contributed by atoms with Crippen molar-refractivity contribution in [1.29, 1.82) is 0 Å². The van der Waals surface area contributed by atoms with E-state index in [2.05, 4.69) is 15.2 Å². The SMILES string of the molecule is CC(C(=NN)c1ccc(Cl)cn1)n1ccc(C(F)(F)F)n1. The fraction of sp³-hybridized carbons (Fsp3) is 0.250. The molecule has 1 unspecified atom stereocenters. The quantitative estimate of drug-likeness (QED) is 0.537. The van der Waals surface area contributed by atoms with Crippen LogP contribution in [0.25, 0.3) is 0 Å². The lowest BCUT2D eigenvalue weighted by molar-refractivity contribution is -0.141. The highest BCUT2D eigenvalue weighted by molar-refractivity contribution is 6.30. The van der Waals surface area contributed by atoms with Gasteiger partial charge in [-0.15, -0.1) is 0 Å². The lowest BCUT2D eigenvalue weighted by Crippen LogP contribution is -2.21. The molecule has 21 heavy (non-hydrogen) atoms. The minimum atomic E-state index is -4.50. The van der Waals surface area contributed by atoms with Crippen LogP contribution in [0.4, 0.5) is 13.2 Å². The van der Waals surface area contributed by atoms with Gasteiger partial charge >= 0.3 is 6.18 Å². The topological polar surface area (TPSA) is 69.1 Å². The van der Waals surface area contributed by atoms with E-state index in [1.807, 2.05) is 0 Å². The van der Waals surface area contributed by atoms with Gasteiger partial charge in [0.25, 0.3) is 0 Å². The zero-order valence-corrected chi connectivity index (χ0v) is 11.6. The summed E-state index contributed by atoms with van der Waals surface area (Å²) >= 11 is 5.73. The molecule has 2 heterocycles. The van der Waals surface area contributed by atoms with E-state index in [0.717, 1.165) is 10.7 Å². The van der Waals surface area contributed by atoms with Gasteiger partial charge in [0.2, 0.25) is 0 Å². The predicted molar refractivity (Wildman–Crippen MR) is 71.9 cm³/mol. The number of halogens is 4. The minimum absolute atomic E-state index is 0.295. The lowest BCUT2D eigenvalue weighted by Gasteiger charge is -2.14. The second kappa shape index (κ2) is 5.72. The van der Waals surface area contributed by atoms with Crippen LogP contribution < -0.4 is 5.84 Å². The molecule has 9 heteroatoms. The Balaban J connectivity index is 2.31. The van der Waals surface area contributed by atoms with E-state index < -0.39 is 17.9 Å². The molecule has 0 spiro atoms. The average molecular weight is 318 g/mol. The molecule has 0 aromatic carbocycles. The Kier molecular flexibility index (Phi) is 4.17. The van der Waals surface area contributed by atoms with Crippen molar-refractivity contribution in [2.75, 3.05) is 0 Å². The van der Waals surface area contributed by atoms with Gasteiger partial charge in [0.1, 0.15) is 5.71 Å². The first kappa shape index (κ1) is 15.3. The van der Waals surface area contributed by atoms with Crippen LogP contribution in [0.5, 0.6) is 0 Å². The number of aromatic nitrogens is 3. The predicted octanol–water partition coefficient (Wildman–Crippen LogP) is 2.87. The van der Waals surface area contributed by atoms with Crippen molar-refractivity contribution < 1.29 is 13.2 Å². The fourth-order valence-electron chi connectivity index (χ4n) is 1.75. The first-order valence-electron chi connectivity index (χ1n) is 5.85. The van der Waals surface area contributed by atoms with Crippen LogP contribution >= 0.6 is 11.6 Å². The van der Waals surface area contributed by atoms with E-state index in [1.165, 1.54) is 12.4 Å². The zero-order valence-electron chi connectivity index (χ0n) is 10.8. The number of nitrogens with two attached hydrogens (primary N) is 1. The number of hydrazone groups is 1. The van der Waals surface area contributed by atoms with E-state index in [4.69, 9.17) is 17.4 Å². The summed E-state index contributed by atoms with van der Waals surface area (Å²) < 4.78 is 38.8. The summed E-state index contributed by atoms with van der Waals surface area (Å²) in [5.74, 6) is 5.33. The highest BCUT2D eigenvalue weighted by Gasteiger charge is 2.34. The van der Waals surface area contributed by atoms with E-state index in [0.29, 0.717) is 16.4 Å². The highest BCUT2D eigenvalue weighted by Crippen LogP contribution is 2.28. The van der Waals surface area contributed by atoms with E-state index in [9.17, 15) is 13.2 Å². The van der Waals surface area contributed by atoms with Crippen LogP contribution in [0, 0.1) is 0 Å². The first-order valence-corrected chi connectivity index (χ1v) is 6.22. The van der Waals surface area contributed by atoms with Crippen molar-refractivity contribution in [3.05, 3.63) is 47.0 Å². The van der Waals surface area contributed by atoms with Crippen LogP contribution in [0.2, 0.25) is 5.02 Å². The molecule has 0 radical (unpaired) electrons. The van der Waals surface area contributed by atoms with Crippen LogP contribution in [0.1, 0.15) is 24.4 Å². The van der Waals surface area contributed by atoms with E-state index >= 15 is 0 Å². The van der Waals surface area contributed by atoms with Gasteiger partial charge in [-0.2, -0.15) is 23.4 Å². The molecular weight excluding hydrogens is 307 g/mol. The van der Waals surface area contributed by atoms with Crippen molar-refractivity contribution >= 4 is 17.3 Å². The Bertz CT molecular complexity index is 648. The highest BCUT2D eigenvalue weighted by atomic mass is 35.5. The van der Waals surface area contributed by atoms with E-state index in [1.54, 1.807) is 19.1 Å². The molecule has 0 aliphatic heterocycles. The minimum Gasteiger partial charge on any atom is -0.323 e. The average Bonchev–Trinajstić information content (AvgIpc) is 2.91. The standard InChI is InChI=1S/C12H11ClF3N5/c1-7(21-5-4-10(20-21)12(14,15)16)11(19-17)9-3-2-8(13)6-18-9/h2-7H,17H2,1H3. The van der Waals surface area contributed by atoms with Crippen LogP contribution in [0.3, 0.4) is 0 Å². The molecule has 0 saturated carbocycles. The third-order valence-corrected chi connectivity index (χ3v) is 3.04. The first-order chi connectivity index (χ1) is 9.82. The zero-order chi connectivity index (χ0) is 15.6. The number of hydrogen-bond donors (Lipinski definition) is 1. The number of pyridine rings is 1. The van der Waals surface area contributed by atoms with Crippen LogP contribution in [-0.4, -0.2) is 20.5 Å². The second-order valence-electron chi connectivity index (χ2n) is 4.23. The molecule has 2 aromatic heterocycles. The Morgan fingerprint density at radius 3 is 2.57 bits per heavy atom. The van der Waals surface area contributed by atoms with Gasteiger partial charge in [-0.05, 0) is 25.1 Å². The van der Waals surface area contributed by atoms with Gasteiger partial charge in [-0.1, -0.05) is 11.6 Å². The molecule has 2 N–H and O–H groups in total. The Morgan fingerprint density at radius 1 is 1.38 bits per heavy atom. The summed E-state index contributed by atoms with van der Waals surface area (Å²) in [6, 6.07) is 3.45. The smallest absolute Gasteiger partial charge is 0.323 e. The van der Waals surface area contributed by atoms with Gasteiger partial charge in [0.05, 0.1) is 16.8 Å². The molecule has 0 aliphatic rings. The summed E-state index contributed by atoms with van der Waals surface area (Å²) in [4.78, 5) is 4.05. The Hall–Kier alpha value is -2.09.